The van der Waals surface area contributed by atoms with E-state index in [1.165, 1.54) is 0 Å². The molecule has 0 spiro atoms. The average Bonchev–Trinajstić information content (AvgIpc) is 3.06. The zero-order valence-electron chi connectivity index (χ0n) is 14.2. The van der Waals surface area contributed by atoms with Crippen LogP contribution in [-0.4, -0.2) is 67.2 Å². The van der Waals surface area contributed by atoms with Crippen LogP contribution in [0.3, 0.4) is 0 Å². The van der Waals surface area contributed by atoms with Crippen LogP contribution >= 0.6 is 0 Å². The van der Waals surface area contributed by atoms with Crippen molar-refractivity contribution in [2.24, 2.45) is 0 Å². The Labute approximate surface area is 149 Å². The van der Waals surface area contributed by atoms with Gasteiger partial charge in [0.25, 0.3) is 0 Å². The Morgan fingerprint density at radius 2 is 1.46 bits per heavy atom. The van der Waals surface area contributed by atoms with Crippen molar-refractivity contribution in [3.63, 3.8) is 0 Å². The monoisotopic (exact) mass is 354 g/mol. The number of nitrogens with zero attached hydrogens (tertiary/aromatic N) is 7. The standard InChI is InChI=1S/C16H18N8O2/c17-9-11-13(19)20-14-12(10-18)15(22-1-5-25-6-2-22)21-24(14)16(11)23-3-7-26-8-4-23/h1-8H2,(H2,19,20). The highest BCUT2D eigenvalue weighted by Crippen LogP contribution is 2.31. The summed E-state index contributed by atoms with van der Waals surface area (Å²) in [6.45, 7) is 4.78. The van der Waals surface area contributed by atoms with Gasteiger partial charge in [0.1, 0.15) is 29.1 Å². The molecule has 2 aromatic rings. The van der Waals surface area contributed by atoms with E-state index in [1.54, 1.807) is 4.52 Å². The predicted molar refractivity (Wildman–Crippen MR) is 92.9 cm³/mol. The fraction of sp³-hybridized carbons (Fsp3) is 0.500. The number of aromatic nitrogens is 3. The second-order valence-electron chi connectivity index (χ2n) is 6.05. The van der Waals surface area contributed by atoms with Gasteiger partial charge in [0.15, 0.2) is 17.3 Å². The molecule has 0 aliphatic carbocycles. The summed E-state index contributed by atoms with van der Waals surface area (Å²) in [5.41, 5.74) is 7.03. The average molecular weight is 354 g/mol. The van der Waals surface area contributed by atoms with Crippen molar-refractivity contribution >= 4 is 23.1 Å². The lowest BCUT2D eigenvalue weighted by Crippen LogP contribution is -2.38. The molecule has 2 aliphatic rings. The molecule has 0 aromatic carbocycles. The fourth-order valence-corrected chi connectivity index (χ4v) is 3.31. The van der Waals surface area contributed by atoms with Gasteiger partial charge in [-0.25, -0.2) is 4.98 Å². The zero-order chi connectivity index (χ0) is 18.1. The lowest BCUT2D eigenvalue weighted by molar-refractivity contribution is 0.122. The van der Waals surface area contributed by atoms with Gasteiger partial charge in [0, 0.05) is 26.2 Å². The molecule has 0 bridgehead atoms. The van der Waals surface area contributed by atoms with E-state index in [0.29, 0.717) is 75.5 Å². The maximum atomic E-state index is 9.71. The first kappa shape index (κ1) is 16.4. The van der Waals surface area contributed by atoms with Gasteiger partial charge in [-0.3, -0.25) is 0 Å². The Hall–Kier alpha value is -3.08. The quantitative estimate of drug-likeness (QED) is 0.774. The first-order valence-corrected chi connectivity index (χ1v) is 8.42. The molecular formula is C16H18N8O2. The third kappa shape index (κ3) is 2.56. The summed E-state index contributed by atoms with van der Waals surface area (Å²) in [6, 6.07) is 4.33. The molecule has 10 nitrogen and oxygen atoms in total. The van der Waals surface area contributed by atoms with Crippen molar-refractivity contribution in [3.05, 3.63) is 11.1 Å². The molecule has 134 valence electrons. The van der Waals surface area contributed by atoms with Gasteiger partial charge >= 0.3 is 0 Å². The number of fused-ring (bicyclic) bond motifs is 1. The summed E-state index contributed by atoms with van der Waals surface area (Å²) in [6.07, 6.45) is 0. The summed E-state index contributed by atoms with van der Waals surface area (Å²) >= 11 is 0. The fourth-order valence-electron chi connectivity index (χ4n) is 3.31. The van der Waals surface area contributed by atoms with Crippen molar-refractivity contribution in [2.75, 3.05) is 68.1 Å². The van der Waals surface area contributed by atoms with Crippen molar-refractivity contribution in [2.45, 2.75) is 0 Å². The molecule has 2 aliphatic heterocycles. The topological polar surface area (TPSA) is 129 Å². The molecule has 2 saturated heterocycles. The van der Waals surface area contributed by atoms with Crippen LogP contribution in [-0.2, 0) is 9.47 Å². The molecule has 4 rings (SSSR count). The second kappa shape index (κ2) is 6.67. The maximum absolute atomic E-state index is 9.71. The first-order valence-electron chi connectivity index (χ1n) is 8.42. The van der Waals surface area contributed by atoms with Gasteiger partial charge in [-0.15, -0.1) is 5.10 Å². The van der Waals surface area contributed by atoms with Crippen LogP contribution in [0.15, 0.2) is 0 Å². The highest BCUT2D eigenvalue weighted by atomic mass is 16.5. The van der Waals surface area contributed by atoms with Crippen LogP contribution in [0.4, 0.5) is 17.5 Å². The highest BCUT2D eigenvalue weighted by Gasteiger charge is 2.28. The summed E-state index contributed by atoms with van der Waals surface area (Å²) in [5.74, 6) is 1.22. The lowest BCUT2D eigenvalue weighted by atomic mass is 10.2. The highest BCUT2D eigenvalue weighted by molar-refractivity contribution is 5.76. The van der Waals surface area contributed by atoms with Crippen LogP contribution in [0, 0.1) is 22.7 Å². The first-order chi connectivity index (χ1) is 12.7. The van der Waals surface area contributed by atoms with Crippen LogP contribution < -0.4 is 15.5 Å². The maximum Gasteiger partial charge on any atom is 0.179 e. The molecule has 0 amide bonds. The van der Waals surface area contributed by atoms with Gasteiger partial charge in [0.2, 0.25) is 0 Å². The minimum Gasteiger partial charge on any atom is -0.382 e. The van der Waals surface area contributed by atoms with E-state index in [2.05, 4.69) is 22.2 Å². The third-order valence-corrected chi connectivity index (χ3v) is 4.59. The van der Waals surface area contributed by atoms with E-state index in [9.17, 15) is 10.5 Å². The second-order valence-corrected chi connectivity index (χ2v) is 6.05. The summed E-state index contributed by atoms with van der Waals surface area (Å²) in [4.78, 5) is 8.31. The molecule has 26 heavy (non-hydrogen) atoms. The van der Waals surface area contributed by atoms with Gasteiger partial charge in [-0.2, -0.15) is 15.0 Å². The van der Waals surface area contributed by atoms with E-state index < -0.39 is 0 Å². The molecule has 2 aromatic heterocycles. The molecule has 0 atom stereocenters. The largest absolute Gasteiger partial charge is 0.382 e. The van der Waals surface area contributed by atoms with Crippen molar-refractivity contribution in [1.29, 1.82) is 10.5 Å². The predicted octanol–water partition coefficient (Wildman–Crippen LogP) is -0.272. The van der Waals surface area contributed by atoms with Crippen LogP contribution in [0.25, 0.3) is 5.65 Å². The van der Waals surface area contributed by atoms with Crippen LogP contribution in [0.5, 0.6) is 0 Å². The van der Waals surface area contributed by atoms with E-state index >= 15 is 0 Å². The molecule has 0 radical (unpaired) electrons. The van der Waals surface area contributed by atoms with Gasteiger partial charge in [-0.1, -0.05) is 0 Å². The summed E-state index contributed by atoms with van der Waals surface area (Å²) in [7, 11) is 0. The smallest absolute Gasteiger partial charge is 0.179 e. The van der Waals surface area contributed by atoms with Gasteiger partial charge in [0.05, 0.1) is 26.4 Å². The van der Waals surface area contributed by atoms with Crippen molar-refractivity contribution in [1.82, 2.24) is 14.6 Å². The van der Waals surface area contributed by atoms with E-state index in [1.807, 2.05) is 9.80 Å². The minimum atomic E-state index is 0.103. The molecule has 0 saturated carbocycles. The van der Waals surface area contributed by atoms with Gasteiger partial charge in [-0.05, 0) is 0 Å². The molecule has 2 N–H and O–H groups in total. The number of rotatable bonds is 2. The Balaban J connectivity index is 1.94. The molecule has 10 heteroatoms. The van der Waals surface area contributed by atoms with E-state index in [-0.39, 0.29) is 11.4 Å². The number of hydrogen-bond donors (Lipinski definition) is 1. The SMILES string of the molecule is N#Cc1c(N)nc2c(C#N)c(N3CCOCC3)nn2c1N1CCOCC1. The number of hydrogen-bond acceptors (Lipinski definition) is 9. The normalized spacial score (nSPS) is 17.9. The zero-order valence-corrected chi connectivity index (χ0v) is 14.2. The van der Waals surface area contributed by atoms with E-state index in [4.69, 9.17) is 15.2 Å². The molecular weight excluding hydrogens is 336 g/mol. The van der Waals surface area contributed by atoms with Crippen molar-refractivity contribution < 1.29 is 9.47 Å². The summed E-state index contributed by atoms with van der Waals surface area (Å²) < 4.78 is 12.4. The molecule has 2 fully saturated rings. The molecule has 0 unspecified atom stereocenters. The number of morpholine rings is 2. The lowest BCUT2D eigenvalue weighted by Gasteiger charge is -2.29. The number of nitrogen functional groups attached to an aromatic ring is 1. The van der Waals surface area contributed by atoms with E-state index in [0.717, 1.165) is 0 Å². The third-order valence-electron chi connectivity index (χ3n) is 4.59. The Bertz CT molecular complexity index is 913. The molecule has 4 heterocycles. The van der Waals surface area contributed by atoms with Gasteiger partial charge < -0.3 is 25.0 Å². The Kier molecular flexibility index (Phi) is 4.21. The minimum absolute atomic E-state index is 0.103. The van der Waals surface area contributed by atoms with Crippen molar-refractivity contribution in [3.8, 4) is 12.1 Å². The summed E-state index contributed by atoms with van der Waals surface area (Å²) in [5, 5.41) is 24.0. The van der Waals surface area contributed by atoms with Crippen LogP contribution in [0.2, 0.25) is 0 Å². The Morgan fingerprint density at radius 3 is 2.04 bits per heavy atom. The number of ether oxygens (including phenoxy) is 2. The Morgan fingerprint density at radius 1 is 0.885 bits per heavy atom. The number of nitriles is 2. The number of anilines is 3. The van der Waals surface area contributed by atoms with Crippen LogP contribution in [0.1, 0.15) is 11.1 Å². The number of nitrogens with two attached hydrogens (primary N) is 1.